The molecule has 0 spiro atoms. The second kappa shape index (κ2) is 43.1. The summed E-state index contributed by atoms with van der Waals surface area (Å²) in [5, 5.41) is 70.1. The Balaban J connectivity index is 0.000000184. The number of carbonyl (C=O) groups is 1. The number of ether oxygens (including phenoxy) is 2. The maximum atomic E-state index is 11.8. The van der Waals surface area contributed by atoms with Crippen LogP contribution >= 0.6 is 46.4 Å². The summed E-state index contributed by atoms with van der Waals surface area (Å²) >= 11 is 27.4. The molecule has 23 nitrogen and oxygen atoms in total. The Labute approximate surface area is 740 Å². The van der Waals surface area contributed by atoms with Crippen LogP contribution in [-0.2, 0) is 40.4 Å². The van der Waals surface area contributed by atoms with Gasteiger partial charge in [0, 0.05) is 110 Å². The summed E-state index contributed by atoms with van der Waals surface area (Å²) < 4.78 is 17.3. The molecule has 1 N–H and O–H groups in total. The number of benzene rings is 8. The summed E-state index contributed by atoms with van der Waals surface area (Å²) in [5.41, 5.74) is 15.7. The molecule has 2 saturated heterocycles. The van der Waals surface area contributed by atoms with E-state index in [4.69, 9.17) is 71.2 Å². The minimum absolute atomic E-state index is 0. The van der Waals surface area contributed by atoms with Crippen LogP contribution < -0.4 is 0 Å². The number of fused-ring (bicyclic) bond motifs is 4. The second-order valence-corrected chi connectivity index (χ2v) is 30.4. The minimum atomic E-state index is -0.945. The average molecular weight is 1730 g/mol. The van der Waals surface area contributed by atoms with Gasteiger partial charge in [-0.05, 0) is 20.3 Å². The fourth-order valence-electron chi connectivity index (χ4n) is 14.2. The standard InChI is InChI=1S/C25H25ClN6.C24H24ClN5O.C21H19ClN4O.C20H15ClN4O2.6CH4/c1-18-17-31(14-13-30(18)2)15-16-32-25-21(23(29-32)19-9-5-3-6-10-19)22(26)24(27-28-25)20-11-7-4-8-12-20;1-31-19-12-13-29(16-19)14-15-30-24-20(22(28-30)17-8-4-2-5-9-17)21(25)23(26-27-24)18-10-6-3-7-11-18;1-21(2,27)13-26-20-16(18(25-26)14-9-5-3-6-10-14)17(22)19(23-24-20)15-11-7-4-8-12-15;1-27-15(26)12-25-20-16(18(24-25)13-8-4-2-5-9-13)17(21)19(22-23-20)14-10-6-3-7-11-14;;;;;;/h3-12H,1,13-17H2,2H3;2-11,19H,12-16H2,1H3;3-12,27H,13H2,1-2H3;2-11H,12H2,1H3;6*1H4/t;19-;;;;;;;;/m.1......../s1. The number of aliphatic hydroxyl groups is 1. The molecule has 2 aliphatic heterocycles. The Hall–Kier alpha value is -12.0. The molecule has 0 saturated carbocycles. The van der Waals surface area contributed by atoms with Crippen molar-refractivity contribution in [2.45, 2.75) is 103 Å². The van der Waals surface area contributed by atoms with E-state index in [-0.39, 0.29) is 57.6 Å². The summed E-state index contributed by atoms with van der Waals surface area (Å²) in [4.78, 5) is 18.8. The zero-order valence-corrected chi connectivity index (χ0v) is 68.1. The first-order chi connectivity index (χ1) is 57.0. The highest BCUT2D eigenvalue weighted by Crippen LogP contribution is 2.42. The molecule has 0 unspecified atom stereocenters. The van der Waals surface area contributed by atoms with E-state index < -0.39 is 11.6 Å². The highest BCUT2D eigenvalue weighted by Gasteiger charge is 2.29. The van der Waals surface area contributed by atoms with Crippen LogP contribution in [0.1, 0.15) is 64.8 Å². The van der Waals surface area contributed by atoms with Crippen molar-refractivity contribution in [2.75, 3.05) is 67.1 Å². The summed E-state index contributed by atoms with van der Waals surface area (Å²) in [6, 6.07) is 78.8. The maximum absolute atomic E-state index is 11.8. The number of esters is 1. The average Bonchev–Trinajstić information content (AvgIpc) is 1.63. The van der Waals surface area contributed by atoms with Crippen LogP contribution in [0.15, 0.2) is 255 Å². The fourth-order valence-corrected chi connectivity index (χ4v) is 15.5. The first-order valence-corrected chi connectivity index (χ1v) is 39.8. The molecule has 0 aliphatic carbocycles. The normalized spacial score (nSPS) is 13.1. The lowest BCUT2D eigenvalue weighted by Gasteiger charge is -2.35. The van der Waals surface area contributed by atoms with Crippen molar-refractivity contribution in [1.82, 2.24) is 94.6 Å². The number of hydrogen-bond acceptors (Lipinski definition) is 19. The van der Waals surface area contributed by atoms with Crippen molar-refractivity contribution in [3.8, 4) is 90.1 Å². The maximum Gasteiger partial charge on any atom is 0.327 e. The highest BCUT2D eigenvalue weighted by molar-refractivity contribution is 6.40. The minimum Gasteiger partial charge on any atom is -0.468 e. The van der Waals surface area contributed by atoms with E-state index in [1.807, 2.05) is 228 Å². The molecule has 16 aromatic rings. The molecule has 0 radical (unpaired) electrons. The van der Waals surface area contributed by atoms with Crippen molar-refractivity contribution >= 4 is 96.5 Å². The SMILES string of the molecule is C.C.C.C.C.C.C=C1CN(CCn2nc(-c3ccccc3)c3c(Cl)c(-c4ccccc4)nnc32)CCN1C.CC(C)(O)Cn1nc(-c2ccccc2)c2c(Cl)c(-c3ccccc3)nnc21.COC(=O)Cn1nc(-c2ccccc2)c2c(Cl)c(-c3ccccc3)nnc21.CO[C@@H]1CCN(CCn2nc(-c3ccccc3)c3c(Cl)c(-c4ccccc4)nnc32)C1. The lowest BCUT2D eigenvalue weighted by molar-refractivity contribution is -0.141. The number of rotatable bonds is 19. The Morgan fingerprint density at radius 2 is 0.667 bits per heavy atom. The molecule has 0 amide bonds. The molecule has 0 bridgehead atoms. The third-order valence-electron chi connectivity index (χ3n) is 20.3. The number of aromatic nitrogens is 16. The van der Waals surface area contributed by atoms with Gasteiger partial charge in [-0.25, -0.2) is 18.7 Å². The van der Waals surface area contributed by atoms with Gasteiger partial charge in [-0.1, -0.05) is 340 Å². The van der Waals surface area contributed by atoms with E-state index in [1.165, 1.54) is 11.8 Å². The number of methoxy groups -OCH3 is 2. The number of hydrogen-bond donors (Lipinski definition) is 1. The van der Waals surface area contributed by atoms with Crippen LogP contribution in [0.3, 0.4) is 0 Å². The van der Waals surface area contributed by atoms with Gasteiger partial charge in [-0.2, -0.15) is 20.4 Å². The zero-order chi connectivity index (χ0) is 81.1. The molecule has 8 aromatic carbocycles. The fraction of sp³-hybridized carbons (Fsp3) is 0.260. The van der Waals surface area contributed by atoms with Crippen molar-refractivity contribution < 1.29 is 19.4 Å². The summed E-state index contributed by atoms with van der Waals surface area (Å²) in [5.74, 6) is -0.427. The van der Waals surface area contributed by atoms with Crippen molar-refractivity contribution in [3.05, 3.63) is 275 Å². The largest absolute Gasteiger partial charge is 0.468 e. The molecule has 2 aliphatic rings. The first kappa shape index (κ1) is 94.8. The van der Waals surface area contributed by atoms with E-state index in [2.05, 4.69) is 98.5 Å². The summed E-state index contributed by atoms with van der Waals surface area (Å²) in [6.45, 7) is 15.8. The summed E-state index contributed by atoms with van der Waals surface area (Å²) in [7, 11) is 5.20. The smallest absolute Gasteiger partial charge is 0.327 e. The molecule has 638 valence electrons. The number of nitrogens with zero attached hydrogens (tertiary/aromatic N) is 19. The van der Waals surface area contributed by atoms with E-state index in [1.54, 1.807) is 25.6 Å². The van der Waals surface area contributed by atoms with Crippen LogP contribution in [0.25, 0.3) is 134 Å². The number of carbonyl (C=O) groups excluding carboxylic acids is 1. The van der Waals surface area contributed by atoms with E-state index in [9.17, 15) is 9.90 Å². The van der Waals surface area contributed by atoms with Crippen LogP contribution in [-0.4, -0.2) is 184 Å². The van der Waals surface area contributed by atoms with Crippen LogP contribution in [0.4, 0.5) is 0 Å². The Morgan fingerprint density at radius 1 is 0.390 bits per heavy atom. The molecule has 1 atom stereocenters. The van der Waals surface area contributed by atoms with E-state index >= 15 is 0 Å². The van der Waals surface area contributed by atoms with Crippen LogP contribution in [0.5, 0.6) is 0 Å². The van der Waals surface area contributed by atoms with Gasteiger partial charge in [0.1, 0.15) is 52.1 Å². The molecule has 27 heteroatoms. The van der Waals surface area contributed by atoms with Gasteiger partial charge in [-0.15, -0.1) is 40.8 Å². The number of halogens is 4. The van der Waals surface area contributed by atoms with Gasteiger partial charge in [0.05, 0.1) is 80.1 Å². The van der Waals surface area contributed by atoms with Gasteiger partial charge in [0.15, 0.2) is 22.6 Å². The van der Waals surface area contributed by atoms with Gasteiger partial charge in [-0.3, -0.25) is 14.6 Å². The van der Waals surface area contributed by atoms with Gasteiger partial charge < -0.3 is 19.5 Å². The molecular formula is C96H107Cl4N19O4. The van der Waals surface area contributed by atoms with E-state index in [0.29, 0.717) is 89.2 Å². The Bertz CT molecular complexity index is 6130. The van der Waals surface area contributed by atoms with Crippen LogP contribution in [0, 0.1) is 0 Å². The third-order valence-corrected chi connectivity index (χ3v) is 21.8. The van der Waals surface area contributed by atoms with E-state index in [0.717, 1.165) is 142 Å². The molecule has 10 heterocycles. The number of likely N-dealkylation sites (N-methyl/N-ethyl adjacent to an activating group) is 1. The predicted octanol–water partition coefficient (Wildman–Crippen LogP) is 21.5. The molecule has 8 aromatic heterocycles. The number of piperazine rings is 1. The van der Waals surface area contributed by atoms with Crippen LogP contribution in [0.2, 0.25) is 20.1 Å². The van der Waals surface area contributed by atoms with Gasteiger partial charge in [0.25, 0.3) is 0 Å². The third kappa shape index (κ3) is 21.4. The predicted molar refractivity (Wildman–Crippen MR) is 504 cm³/mol. The van der Waals surface area contributed by atoms with Crippen molar-refractivity contribution in [2.24, 2.45) is 0 Å². The number of likely N-dealkylation sites (tertiary alicyclic amines) is 1. The molecule has 18 rings (SSSR count). The molecule has 123 heavy (non-hydrogen) atoms. The zero-order valence-electron chi connectivity index (χ0n) is 65.0. The second-order valence-electron chi connectivity index (χ2n) is 28.9. The van der Waals surface area contributed by atoms with Gasteiger partial charge >= 0.3 is 5.97 Å². The molecule has 2 fully saturated rings. The topological polar surface area (TPSA) is 240 Å². The quantitative estimate of drug-likeness (QED) is 0.0740. The molecular weight excluding hydrogens is 1620 g/mol. The highest BCUT2D eigenvalue weighted by atomic mass is 35.5. The lowest BCUT2D eigenvalue weighted by Crippen LogP contribution is -2.43. The lowest BCUT2D eigenvalue weighted by atomic mass is 10.1. The van der Waals surface area contributed by atoms with Crippen molar-refractivity contribution in [1.29, 1.82) is 0 Å². The Morgan fingerprint density at radius 3 is 0.951 bits per heavy atom. The monoisotopic (exact) mass is 1730 g/mol. The Kier molecular flexibility index (Phi) is 33.3. The van der Waals surface area contributed by atoms with Crippen molar-refractivity contribution in [3.63, 3.8) is 0 Å². The first-order valence-electron chi connectivity index (χ1n) is 38.3. The summed E-state index contributed by atoms with van der Waals surface area (Å²) in [6.07, 6.45) is 1.38. The van der Waals surface area contributed by atoms with Gasteiger partial charge in [0.2, 0.25) is 0 Å².